The highest BCUT2D eigenvalue weighted by atomic mass is 15.3. The van der Waals surface area contributed by atoms with Crippen LogP contribution in [0.3, 0.4) is 0 Å². The van der Waals surface area contributed by atoms with Crippen LogP contribution in [0.25, 0.3) is 6.08 Å². The van der Waals surface area contributed by atoms with E-state index in [1.54, 1.807) is 0 Å². The maximum atomic E-state index is 4.23. The molecule has 0 aromatic carbocycles. The topological polar surface area (TPSA) is 17.8 Å². The normalized spacial score (nSPS) is 13.5. The van der Waals surface area contributed by atoms with Gasteiger partial charge in [-0.3, -0.25) is 4.68 Å². The summed E-state index contributed by atoms with van der Waals surface area (Å²) in [5, 5.41) is 4.23. The zero-order valence-electron chi connectivity index (χ0n) is 10.1. The Morgan fingerprint density at radius 3 is 2.73 bits per heavy atom. The Bertz CT molecular complexity index is 370. The molecule has 0 radical (unpaired) electrons. The third kappa shape index (κ3) is 2.58. The lowest BCUT2D eigenvalue weighted by molar-refractivity contribution is 0.759. The molecular formula is C13H20N2. The summed E-state index contributed by atoms with van der Waals surface area (Å²) in [5.74, 6) is 0. The first-order valence-electron chi connectivity index (χ1n) is 5.69. The van der Waals surface area contributed by atoms with Crippen molar-refractivity contribution < 1.29 is 0 Å². The molecule has 1 heterocycles. The van der Waals surface area contributed by atoms with Crippen molar-refractivity contribution in [3.05, 3.63) is 35.2 Å². The minimum absolute atomic E-state index is 1.01. The van der Waals surface area contributed by atoms with Gasteiger partial charge in [0.2, 0.25) is 0 Å². The van der Waals surface area contributed by atoms with Gasteiger partial charge in [-0.05, 0) is 18.9 Å². The monoisotopic (exact) mass is 204 g/mol. The van der Waals surface area contributed by atoms with E-state index in [0.717, 1.165) is 12.8 Å². The average Bonchev–Trinajstić information content (AvgIpc) is 2.54. The van der Waals surface area contributed by atoms with E-state index in [0.29, 0.717) is 0 Å². The van der Waals surface area contributed by atoms with Gasteiger partial charge in [0.15, 0.2) is 0 Å². The van der Waals surface area contributed by atoms with Crippen molar-refractivity contribution in [2.75, 3.05) is 0 Å². The van der Waals surface area contributed by atoms with Crippen molar-refractivity contribution in [3.63, 3.8) is 0 Å². The fourth-order valence-corrected chi connectivity index (χ4v) is 1.62. The molecule has 0 aliphatic heterocycles. The van der Waals surface area contributed by atoms with E-state index < -0.39 is 0 Å². The van der Waals surface area contributed by atoms with Gasteiger partial charge in [-0.25, -0.2) is 0 Å². The second-order valence-electron chi connectivity index (χ2n) is 3.35. The molecule has 0 unspecified atom stereocenters. The molecule has 2 nitrogen and oxygen atoms in total. The molecule has 0 N–H and O–H groups in total. The predicted molar refractivity (Wildman–Crippen MR) is 65.7 cm³/mol. The van der Waals surface area contributed by atoms with Gasteiger partial charge in [-0.15, -0.1) is 0 Å². The van der Waals surface area contributed by atoms with Crippen molar-refractivity contribution in [2.24, 2.45) is 7.05 Å². The molecule has 0 bridgehead atoms. The Kier molecular flexibility index (Phi) is 4.35. The third-order valence-corrected chi connectivity index (χ3v) is 2.51. The SMILES string of the molecule is CC.CCC1=CCc2cnn(C)c2C=C1. The summed E-state index contributed by atoms with van der Waals surface area (Å²) in [6.07, 6.45) is 10.7. The van der Waals surface area contributed by atoms with Crippen LogP contribution in [0.5, 0.6) is 0 Å². The Hall–Kier alpha value is -1.31. The number of hydrogen-bond donors (Lipinski definition) is 0. The van der Waals surface area contributed by atoms with Crippen LogP contribution in [0.1, 0.15) is 38.4 Å². The molecule has 0 spiro atoms. The first-order valence-corrected chi connectivity index (χ1v) is 5.69. The fourth-order valence-electron chi connectivity index (χ4n) is 1.62. The number of aryl methyl sites for hydroxylation is 1. The first-order chi connectivity index (χ1) is 7.31. The molecule has 0 saturated carbocycles. The predicted octanol–water partition coefficient (Wildman–Crippen LogP) is 3.35. The van der Waals surface area contributed by atoms with E-state index in [9.17, 15) is 0 Å². The molecule has 0 amide bonds. The van der Waals surface area contributed by atoms with E-state index >= 15 is 0 Å². The van der Waals surface area contributed by atoms with Gasteiger partial charge in [0.05, 0.1) is 11.9 Å². The smallest absolute Gasteiger partial charge is 0.0641 e. The molecule has 82 valence electrons. The third-order valence-electron chi connectivity index (χ3n) is 2.51. The van der Waals surface area contributed by atoms with Crippen molar-refractivity contribution in [1.82, 2.24) is 9.78 Å². The highest BCUT2D eigenvalue weighted by Gasteiger charge is 2.06. The first kappa shape index (κ1) is 11.8. The van der Waals surface area contributed by atoms with E-state index in [1.807, 2.05) is 31.8 Å². The number of rotatable bonds is 1. The highest BCUT2D eigenvalue weighted by Crippen LogP contribution is 2.18. The van der Waals surface area contributed by atoms with Crippen LogP contribution in [0.4, 0.5) is 0 Å². The lowest BCUT2D eigenvalue weighted by Crippen LogP contribution is -1.93. The molecule has 1 aliphatic rings. The van der Waals surface area contributed by atoms with Crippen molar-refractivity contribution in [2.45, 2.75) is 33.6 Å². The van der Waals surface area contributed by atoms with Gasteiger partial charge in [0.1, 0.15) is 0 Å². The van der Waals surface area contributed by atoms with Crippen molar-refractivity contribution in [3.8, 4) is 0 Å². The van der Waals surface area contributed by atoms with E-state index in [-0.39, 0.29) is 0 Å². The van der Waals surface area contributed by atoms with E-state index in [1.165, 1.54) is 16.8 Å². The molecule has 2 heteroatoms. The van der Waals surface area contributed by atoms with Gasteiger partial charge in [-0.2, -0.15) is 5.10 Å². The summed E-state index contributed by atoms with van der Waals surface area (Å²) in [4.78, 5) is 0. The largest absolute Gasteiger partial charge is 0.268 e. The Balaban J connectivity index is 0.000000531. The molecule has 0 saturated heterocycles. The molecule has 2 rings (SSSR count). The molecule has 1 aromatic heterocycles. The van der Waals surface area contributed by atoms with Crippen molar-refractivity contribution >= 4 is 6.08 Å². The summed E-state index contributed by atoms with van der Waals surface area (Å²) in [5.41, 5.74) is 3.97. The van der Waals surface area contributed by atoms with Crippen LogP contribution in [0.2, 0.25) is 0 Å². The van der Waals surface area contributed by atoms with Crippen LogP contribution in [-0.4, -0.2) is 9.78 Å². The van der Waals surface area contributed by atoms with Crippen LogP contribution >= 0.6 is 0 Å². The number of nitrogens with zero attached hydrogens (tertiary/aromatic N) is 2. The molecule has 0 atom stereocenters. The highest BCUT2D eigenvalue weighted by molar-refractivity contribution is 5.55. The Labute approximate surface area is 92.3 Å². The van der Waals surface area contributed by atoms with Crippen molar-refractivity contribution in [1.29, 1.82) is 0 Å². The van der Waals surface area contributed by atoms with E-state index in [2.05, 4.69) is 30.3 Å². The number of hydrogen-bond acceptors (Lipinski definition) is 1. The standard InChI is InChI=1S/C11H14N2.C2H6/c1-3-9-4-6-10-8-12-13(2)11(10)7-5-9;1-2/h4-5,7-8H,3,6H2,1-2H3;1-2H3. The molecule has 15 heavy (non-hydrogen) atoms. The Morgan fingerprint density at radius 2 is 2.07 bits per heavy atom. The van der Waals surface area contributed by atoms with Crippen LogP contribution in [-0.2, 0) is 13.5 Å². The number of allylic oxidation sites excluding steroid dienone is 3. The number of aromatic nitrogens is 2. The summed E-state index contributed by atoms with van der Waals surface area (Å²) in [6.45, 7) is 6.18. The second-order valence-corrected chi connectivity index (χ2v) is 3.35. The quantitative estimate of drug-likeness (QED) is 0.686. The summed E-state index contributed by atoms with van der Waals surface area (Å²) in [7, 11) is 1.99. The molecule has 0 fully saturated rings. The zero-order valence-corrected chi connectivity index (χ0v) is 10.1. The van der Waals surface area contributed by atoms with Crippen LogP contribution in [0, 0.1) is 0 Å². The fraction of sp³-hybridized carbons (Fsp3) is 0.462. The molecule has 1 aliphatic carbocycles. The van der Waals surface area contributed by atoms with E-state index in [4.69, 9.17) is 0 Å². The number of fused-ring (bicyclic) bond motifs is 1. The lowest BCUT2D eigenvalue weighted by atomic mass is 10.1. The van der Waals surface area contributed by atoms with Gasteiger partial charge in [0, 0.05) is 12.6 Å². The van der Waals surface area contributed by atoms with Gasteiger partial charge in [0.25, 0.3) is 0 Å². The minimum Gasteiger partial charge on any atom is -0.268 e. The maximum Gasteiger partial charge on any atom is 0.0641 e. The van der Waals surface area contributed by atoms with Crippen LogP contribution in [0.15, 0.2) is 23.9 Å². The van der Waals surface area contributed by atoms with Gasteiger partial charge < -0.3 is 0 Å². The Morgan fingerprint density at radius 1 is 1.33 bits per heavy atom. The summed E-state index contributed by atoms with van der Waals surface area (Å²) in [6, 6.07) is 0. The summed E-state index contributed by atoms with van der Waals surface area (Å²) >= 11 is 0. The van der Waals surface area contributed by atoms with Crippen LogP contribution < -0.4 is 0 Å². The minimum atomic E-state index is 1.01. The van der Waals surface area contributed by atoms with Gasteiger partial charge in [-0.1, -0.05) is 38.5 Å². The molecule has 1 aromatic rings. The van der Waals surface area contributed by atoms with Gasteiger partial charge >= 0.3 is 0 Å². The lowest BCUT2D eigenvalue weighted by Gasteiger charge is -1.95. The second kappa shape index (κ2) is 5.54. The average molecular weight is 204 g/mol. The summed E-state index contributed by atoms with van der Waals surface area (Å²) < 4.78 is 1.93. The zero-order chi connectivity index (χ0) is 11.3. The maximum absolute atomic E-state index is 4.23. The molecular weight excluding hydrogens is 184 g/mol.